The van der Waals surface area contributed by atoms with Gasteiger partial charge in [-0.25, -0.2) is 4.68 Å². The van der Waals surface area contributed by atoms with Gasteiger partial charge in [0.15, 0.2) is 0 Å². The summed E-state index contributed by atoms with van der Waals surface area (Å²) in [6.45, 7) is 3.87. The van der Waals surface area contributed by atoms with Crippen LogP contribution in [0.15, 0.2) is 23.0 Å². The van der Waals surface area contributed by atoms with Gasteiger partial charge in [-0.1, -0.05) is 18.2 Å². The van der Waals surface area contributed by atoms with E-state index < -0.39 is 0 Å². The summed E-state index contributed by atoms with van der Waals surface area (Å²) in [5, 5.41) is 5.88. The summed E-state index contributed by atoms with van der Waals surface area (Å²) < 4.78 is 1.39. The van der Waals surface area contributed by atoms with Crippen LogP contribution in [-0.4, -0.2) is 9.78 Å². The Labute approximate surface area is 82.0 Å². The monoisotopic (exact) mass is 188 g/mol. The Bertz CT molecular complexity index is 555. The molecule has 2 aromatic rings. The molecule has 0 N–H and O–H groups in total. The van der Waals surface area contributed by atoms with E-state index >= 15 is 0 Å². The zero-order valence-corrected chi connectivity index (χ0v) is 8.53. The molecule has 0 radical (unpaired) electrons. The molecule has 2 rings (SSSR count). The van der Waals surface area contributed by atoms with Crippen LogP contribution in [-0.2, 0) is 7.05 Å². The molecule has 0 amide bonds. The third-order valence-corrected chi connectivity index (χ3v) is 2.47. The SMILES string of the molecule is Cc1nn(C)c(=O)c2c(C)cccc12. The van der Waals surface area contributed by atoms with E-state index in [1.807, 2.05) is 32.0 Å². The van der Waals surface area contributed by atoms with Crippen LogP contribution in [0.1, 0.15) is 11.3 Å². The second-order valence-corrected chi connectivity index (χ2v) is 3.51. The van der Waals surface area contributed by atoms with Crippen molar-refractivity contribution in [2.24, 2.45) is 7.05 Å². The molecule has 1 aromatic heterocycles. The number of fused-ring (bicyclic) bond motifs is 1. The average Bonchev–Trinajstić information content (AvgIpc) is 2.14. The Morgan fingerprint density at radius 3 is 2.71 bits per heavy atom. The van der Waals surface area contributed by atoms with Gasteiger partial charge in [0.05, 0.1) is 11.1 Å². The van der Waals surface area contributed by atoms with Gasteiger partial charge in [-0.15, -0.1) is 0 Å². The highest BCUT2D eigenvalue weighted by atomic mass is 16.1. The fourth-order valence-electron chi connectivity index (χ4n) is 1.74. The van der Waals surface area contributed by atoms with Gasteiger partial charge in [0, 0.05) is 12.4 Å². The number of hydrogen-bond donors (Lipinski definition) is 0. The van der Waals surface area contributed by atoms with E-state index in [1.165, 1.54) is 4.68 Å². The van der Waals surface area contributed by atoms with Gasteiger partial charge in [-0.05, 0) is 19.4 Å². The van der Waals surface area contributed by atoms with Crippen molar-refractivity contribution in [1.82, 2.24) is 9.78 Å². The molecule has 1 heterocycles. The van der Waals surface area contributed by atoms with Crippen LogP contribution in [0.5, 0.6) is 0 Å². The van der Waals surface area contributed by atoms with Crippen LogP contribution >= 0.6 is 0 Å². The first-order valence-corrected chi connectivity index (χ1v) is 4.54. The van der Waals surface area contributed by atoms with Crippen LogP contribution < -0.4 is 5.56 Å². The molecule has 14 heavy (non-hydrogen) atoms. The highest BCUT2D eigenvalue weighted by Crippen LogP contribution is 2.15. The molecule has 0 saturated carbocycles. The van der Waals surface area contributed by atoms with E-state index in [0.29, 0.717) is 0 Å². The standard InChI is InChI=1S/C11H12N2O/c1-7-5-4-6-9-8(2)12-13(3)11(14)10(7)9/h4-6H,1-3H3. The summed E-state index contributed by atoms with van der Waals surface area (Å²) in [6.07, 6.45) is 0. The predicted molar refractivity (Wildman–Crippen MR) is 56.5 cm³/mol. The van der Waals surface area contributed by atoms with Crippen molar-refractivity contribution in [3.8, 4) is 0 Å². The lowest BCUT2D eigenvalue weighted by Crippen LogP contribution is -2.21. The lowest BCUT2D eigenvalue weighted by molar-refractivity contribution is 0.704. The molecule has 0 bridgehead atoms. The largest absolute Gasteiger partial charge is 0.274 e. The van der Waals surface area contributed by atoms with Crippen LogP contribution in [0.2, 0.25) is 0 Å². The Kier molecular flexibility index (Phi) is 1.88. The first kappa shape index (κ1) is 8.94. The zero-order chi connectivity index (χ0) is 10.3. The summed E-state index contributed by atoms with van der Waals surface area (Å²) in [6, 6.07) is 5.83. The minimum atomic E-state index is -0.0244. The Morgan fingerprint density at radius 2 is 2.00 bits per heavy atom. The van der Waals surface area contributed by atoms with Gasteiger partial charge < -0.3 is 0 Å². The maximum Gasteiger partial charge on any atom is 0.274 e. The van der Waals surface area contributed by atoms with E-state index in [0.717, 1.165) is 22.0 Å². The molecule has 0 fully saturated rings. The van der Waals surface area contributed by atoms with E-state index in [4.69, 9.17) is 0 Å². The Hall–Kier alpha value is -1.64. The van der Waals surface area contributed by atoms with Crippen LogP contribution in [0.4, 0.5) is 0 Å². The van der Waals surface area contributed by atoms with Crippen LogP contribution in [0.25, 0.3) is 10.8 Å². The molecular weight excluding hydrogens is 176 g/mol. The third kappa shape index (κ3) is 1.13. The normalized spacial score (nSPS) is 10.8. The molecule has 0 aliphatic carbocycles. The smallest absolute Gasteiger partial charge is 0.267 e. The van der Waals surface area contributed by atoms with Gasteiger partial charge in [-0.3, -0.25) is 4.79 Å². The Morgan fingerprint density at radius 1 is 1.29 bits per heavy atom. The fraction of sp³-hybridized carbons (Fsp3) is 0.273. The molecule has 1 aromatic carbocycles. The molecular formula is C11H12N2O. The molecule has 3 heteroatoms. The molecule has 0 atom stereocenters. The summed E-state index contributed by atoms with van der Waals surface area (Å²) in [5.41, 5.74) is 1.88. The minimum Gasteiger partial charge on any atom is -0.267 e. The first-order chi connectivity index (χ1) is 6.61. The highest BCUT2D eigenvalue weighted by Gasteiger charge is 2.06. The molecule has 3 nitrogen and oxygen atoms in total. The predicted octanol–water partition coefficient (Wildman–Crippen LogP) is 1.55. The Balaban J connectivity index is 3.11. The van der Waals surface area contributed by atoms with E-state index in [1.54, 1.807) is 7.05 Å². The lowest BCUT2D eigenvalue weighted by Gasteiger charge is -2.05. The quantitative estimate of drug-likeness (QED) is 0.628. The maximum absolute atomic E-state index is 11.8. The molecule has 0 aliphatic rings. The lowest BCUT2D eigenvalue weighted by atomic mass is 10.1. The van der Waals surface area contributed by atoms with Crippen LogP contribution in [0.3, 0.4) is 0 Å². The first-order valence-electron chi connectivity index (χ1n) is 4.54. The summed E-state index contributed by atoms with van der Waals surface area (Å²) in [5.74, 6) is 0. The van der Waals surface area contributed by atoms with Gasteiger partial charge in [0.1, 0.15) is 0 Å². The van der Waals surface area contributed by atoms with Crippen molar-refractivity contribution in [3.63, 3.8) is 0 Å². The van der Waals surface area contributed by atoms with Gasteiger partial charge >= 0.3 is 0 Å². The molecule has 0 saturated heterocycles. The van der Waals surface area contributed by atoms with Gasteiger partial charge in [-0.2, -0.15) is 5.10 Å². The number of aromatic nitrogens is 2. The van der Waals surface area contributed by atoms with Gasteiger partial charge in [0.25, 0.3) is 5.56 Å². The second kappa shape index (κ2) is 2.94. The molecule has 0 unspecified atom stereocenters. The number of hydrogen-bond acceptors (Lipinski definition) is 2. The van der Waals surface area contributed by atoms with Crippen molar-refractivity contribution < 1.29 is 0 Å². The minimum absolute atomic E-state index is 0.0244. The number of nitrogens with zero attached hydrogens (tertiary/aromatic N) is 2. The number of aryl methyl sites for hydroxylation is 3. The third-order valence-electron chi connectivity index (χ3n) is 2.47. The topological polar surface area (TPSA) is 34.9 Å². The molecule has 0 aliphatic heterocycles. The molecule has 0 spiro atoms. The zero-order valence-electron chi connectivity index (χ0n) is 8.53. The van der Waals surface area contributed by atoms with E-state index in [2.05, 4.69) is 5.10 Å². The number of rotatable bonds is 0. The van der Waals surface area contributed by atoms with Crippen molar-refractivity contribution in [1.29, 1.82) is 0 Å². The fourth-order valence-corrected chi connectivity index (χ4v) is 1.74. The van der Waals surface area contributed by atoms with Gasteiger partial charge in [0.2, 0.25) is 0 Å². The van der Waals surface area contributed by atoms with E-state index in [9.17, 15) is 4.79 Å². The molecule has 72 valence electrons. The summed E-state index contributed by atoms with van der Waals surface area (Å²) in [4.78, 5) is 11.8. The van der Waals surface area contributed by atoms with Crippen LogP contribution in [0, 0.1) is 13.8 Å². The maximum atomic E-state index is 11.8. The van der Waals surface area contributed by atoms with Crippen molar-refractivity contribution >= 4 is 10.8 Å². The van der Waals surface area contributed by atoms with Crippen molar-refractivity contribution in [2.45, 2.75) is 13.8 Å². The second-order valence-electron chi connectivity index (χ2n) is 3.51. The van der Waals surface area contributed by atoms with Crippen molar-refractivity contribution in [2.75, 3.05) is 0 Å². The summed E-state index contributed by atoms with van der Waals surface area (Å²) in [7, 11) is 1.68. The highest BCUT2D eigenvalue weighted by molar-refractivity contribution is 5.86. The average molecular weight is 188 g/mol. The van der Waals surface area contributed by atoms with Crippen molar-refractivity contribution in [3.05, 3.63) is 39.8 Å². The van der Waals surface area contributed by atoms with E-state index in [-0.39, 0.29) is 5.56 Å². The number of benzene rings is 1. The summed E-state index contributed by atoms with van der Waals surface area (Å²) >= 11 is 0.